The van der Waals surface area contributed by atoms with Gasteiger partial charge in [0, 0.05) is 63.2 Å². The molecule has 0 unspecified atom stereocenters. The number of rotatable bonds is 2. The summed E-state index contributed by atoms with van der Waals surface area (Å²) in [4.78, 5) is 0. The van der Waals surface area contributed by atoms with Gasteiger partial charge in [-0.1, -0.05) is 0 Å². The first kappa shape index (κ1) is 20.2. The van der Waals surface area contributed by atoms with Crippen molar-refractivity contribution < 1.29 is 107 Å². The summed E-state index contributed by atoms with van der Waals surface area (Å²) < 4.78 is 9.66. The van der Waals surface area contributed by atoms with Gasteiger partial charge in [-0.15, -0.1) is 0 Å². The maximum absolute atomic E-state index is 5.33. The zero-order chi connectivity index (χ0) is 6.69. The fourth-order valence-corrected chi connectivity index (χ4v) is 2.34. The van der Waals surface area contributed by atoms with E-state index in [1.807, 2.05) is 0 Å². The normalized spacial score (nSPS) is 13.0. The third kappa shape index (κ3) is 6.25. The van der Waals surface area contributed by atoms with Gasteiger partial charge in [0.2, 0.25) is 0 Å². The van der Waals surface area contributed by atoms with Gasteiger partial charge < -0.3 is 0 Å². The van der Waals surface area contributed by atoms with Crippen molar-refractivity contribution >= 4 is 8.80 Å². The predicted molar refractivity (Wildman–Crippen MR) is 29.7 cm³/mol. The SMILES string of the molecule is [W].[W].[W].[W]=[CH]C1=C([CH]=[W])OCC1. The van der Waals surface area contributed by atoms with Crippen molar-refractivity contribution in [2.45, 2.75) is 6.42 Å². The molecule has 0 saturated carbocycles. The number of hydrogen-bond donors (Lipinski definition) is 0. The molecule has 1 aliphatic heterocycles. The van der Waals surface area contributed by atoms with Gasteiger partial charge in [0.1, 0.15) is 0 Å². The Bertz CT molecular complexity index is 159. The van der Waals surface area contributed by atoms with E-state index >= 15 is 0 Å². The zero-order valence-electron chi connectivity index (χ0n) is 6.02. The van der Waals surface area contributed by atoms with Gasteiger partial charge >= 0.3 is 76.6 Å². The van der Waals surface area contributed by atoms with E-state index in [4.69, 9.17) is 4.74 Å². The standard InChI is InChI=1S/C6H6O.5W/c1-5-3-4-7-6(5)2;;;;;/h1-2H,3-4H2;;;;;. The van der Waals surface area contributed by atoms with Crippen molar-refractivity contribution in [2.24, 2.45) is 0 Å². The molecule has 0 fully saturated rings. The molecule has 0 amide bonds. The molecule has 0 aromatic heterocycles. The van der Waals surface area contributed by atoms with E-state index in [0.29, 0.717) is 0 Å². The van der Waals surface area contributed by atoms with Gasteiger partial charge in [0.25, 0.3) is 0 Å². The first-order valence-electron chi connectivity index (χ1n) is 2.65. The third-order valence-corrected chi connectivity index (χ3v) is 2.99. The van der Waals surface area contributed by atoms with Crippen LogP contribution in [0.4, 0.5) is 0 Å². The monoisotopic (exact) mass is 1010 g/mol. The van der Waals surface area contributed by atoms with Crippen LogP contribution in [0.1, 0.15) is 6.42 Å². The summed E-state index contributed by atoms with van der Waals surface area (Å²) in [7, 11) is 0. The van der Waals surface area contributed by atoms with Crippen LogP contribution >= 0.6 is 0 Å². The molecule has 1 rings (SSSR count). The van der Waals surface area contributed by atoms with E-state index in [-0.39, 0.29) is 63.2 Å². The molecular weight excluding hydrogens is 1010 g/mol. The summed E-state index contributed by atoms with van der Waals surface area (Å²) in [6.45, 7) is 0.887. The Labute approximate surface area is 137 Å². The molecular formula is C6H6OW5. The fraction of sp³-hybridized carbons (Fsp3) is 0.333. The van der Waals surface area contributed by atoms with Crippen molar-refractivity contribution in [2.75, 3.05) is 6.61 Å². The van der Waals surface area contributed by atoms with E-state index in [1.54, 1.807) is 0 Å². The Kier molecular flexibility index (Phi) is 19.8. The number of allylic oxidation sites excluding steroid dienone is 1. The van der Waals surface area contributed by atoms with E-state index < -0.39 is 0 Å². The van der Waals surface area contributed by atoms with Crippen LogP contribution in [0.2, 0.25) is 0 Å². The van der Waals surface area contributed by atoms with Crippen LogP contribution in [0.3, 0.4) is 0 Å². The molecule has 6 heteroatoms. The van der Waals surface area contributed by atoms with Gasteiger partial charge in [-0.3, -0.25) is 0 Å². The van der Waals surface area contributed by atoms with Crippen LogP contribution in [0.25, 0.3) is 0 Å². The first-order valence-corrected chi connectivity index (χ1v) is 6.03. The van der Waals surface area contributed by atoms with Crippen molar-refractivity contribution in [1.29, 1.82) is 0 Å². The average molecular weight is 1010 g/mol. The maximum atomic E-state index is 5.33. The Morgan fingerprint density at radius 1 is 1.08 bits per heavy atom. The van der Waals surface area contributed by atoms with Crippen molar-refractivity contribution in [3.8, 4) is 0 Å². The number of hydrogen-bond acceptors (Lipinski definition) is 1. The predicted octanol–water partition coefficient (Wildman–Crippen LogP) is 0.351. The minimum atomic E-state index is 0. The Morgan fingerprint density at radius 2 is 1.67 bits per heavy atom. The van der Waals surface area contributed by atoms with Gasteiger partial charge in [-0.05, 0) is 0 Å². The summed E-state index contributed by atoms with van der Waals surface area (Å²) in [5.74, 6) is 1.12. The third-order valence-electron chi connectivity index (χ3n) is 1.19. The van der Waals surface area contributed by atoms with Gasteiger partial charge in [-0.2, -0.15) is 0 Å². The van der Waals surface area contributed by atoms with Crippen molar-refractivity contribution in [3.05, 3.63) is 11.3 Å². The topological polar surface area (TPSA) is 9.23 Å². The molecule has 0 aromatic rings. The molecule has 0 saturated heterocycles. The first-order chi connectivity index (χ1) is 4.38. The summed E-state index contributed by atoms with van der Waals surface area (Å²) >= 11 is 2.98. The van der Waals surface area contributed by atoms with Crippen molar-refractivity contribution in [1.82, 2.24) is 0 Å². The number of ether oxygens (including phenoxy) is 1. The molecule has 1 heterocycles. The van der Waals surface area contributed by atoms with Gasteiger partial charge in [-0.25, -0.2) is 0 Å². The van der Waals surface area contributed by atoms with Crippen LogP contribution < -0.4 is 0 Å². The fourth-order valence-electron chi connectivity index (χ4n) is 0.714. The van der Waals surface area contributed by atoms with Crippen molar-refractivity contribution in [3.63, 3.8) is 0 Å². The molecule has 66 valence electrons. The molecule has 1 nitrogen and oxygen atoms in total. The Hall–Kier alpha value is 2.72. The molecule has 0 N–H and O–H groups in total. The van der Waals surface area contributed by atoms with Gasteiger partial charge in [0.05, 0.1) is 0 Å². The van der Waals surface area contributed by atoms with Crippen LogP contribution in [0.15, 0.2) is 11.3 Å². The minimum absolute atomic E-state index is 0. The van der Waals surface area contributed by atoms with Crippen LogP contribution in [0, 0.1) is 0 Å². The summed E-state index contributed by atoms with van der Waals surface area (Å²) in [6.07, 6.45) is 1.11. The molecule has 1 aliphatic rings. The average Bonchev–Trinajstić information content (AvgIpc) is 2.33. The van der Waals surface area contributed by atoms with E-state index in [2.05, 4.69) is 8.80 Å². The quantitative estimate of drug-likeness (QED) is 0.389. The Morgan fingerprint density at radius 3 is 2.00 bits per heavy atom. The molecule has 0 aromatic carbocycles. The second-order valence-corrected chi connectivity index (χ2v) is 3.42. The second-order valence-electron chi connectivity index (χ2n) is 1.72. The van der Waals surface area contributed by atoms with E-state index in [9.17, 15) is 0 Å². The van der Waals surface area contributed by atoms with Crippen LogP contribution in [0.5, 0.6) is 0 Å². The molecule has 0 spiro atoms. The van der Waals surface area contributed by atoms with E-state index in [1.165, 1.54) is 44.3 Å². The summed E-state index contributed by atoms with van der Waals surface area (Å²) in [5, 5.41) is 0. The molecule has 0 bridgehead atoms. The summed E-state index contributed by atoms with van der Waals surface area (Å²) in [6, 6.07) is 0. The molecule has 0 atom stereocenters. The second kappa shape index (κ2) is 11.8. The molecule has 0 aliphatic carbocycles. The van der Waals surface area contributed by atoms with Crippen LogP contribution in [-0.2, 0) is 107 Å². The summed E-state index contributed by atoms with van der Waals surface area (Å²) in [5.41, 5.74) is 1.40. The van der Waals surface area contributed by atoms with Gasteiger partial charge in [0.15, 0.2) is 0 Å². The van der Waals surface area contributed by atoms with E-state index in [0.717, 1.165) is 18.8 Å². The Balaban J connectivity index is -0.000000270. The molecule has 12 heavy (non-hydrogen) atoms. The molecule has 0 radical (unpaired) electrons. The van der Waals surface area contributed by atoms with Crippen LogP contribution in [-0.4, -0.2) is 15.4 Å². The zero-order valence-corrected chi connectivity index (χ0v) is 20.7.